The van der Waals surface area contributed by atoms with Gasteiger partial charge in [0.1, 0.15) is 5.82 Å². The second-order valence-corrected chi connectivity index (χ2v) is 11.3. The van der Waals surface area contributed by atoms with Crippen LogP contribution in [-0.2, 0) is 4.79 Å². The number of hydrogen-bond donors (Lipinski definition) is 5. The van der Waals surface area contributed by atoms with Crippen LogP contribution in [0.3, 0.4) is 0 Å². The minimum Gasteiger partial charge on any atom is -0.388 e. The molecule has 1 fully saturated rings. The molecule has 1 amide bonds. The van der Waals surface area contributed by atoms with Crippen molar-refractivity contribution in [2.24, 2.45) is 10.8 Å². The lowest BCUT2D eigenvalue weighted by Gasteiger charge is -2.42. The van der Waals surface area contributed by atoms with Crippen LogP contribution in [0.5, 0.6) is 0 Å². The number of nitrogens with one attached hydrogen (secondary N) is 5. The molecule has 1 aliphatic rings. The molecule has 0 spiro atoms. The second kappa shape index (κ2) is 11.0. The summed E-state index contributed by atoms with van der Waals surface area (Å²) in [4.78, 5) is 17.8. The van der Waals surface area contributed by atoms with Crippen molar-refractivity contribution in [2.45, 2.75) is 85.7 Å². The molecule has 2 rings (SSSR count). The number of hydrogen-bond acceptors (Lipinski definition) is 6. The van der Waals surface area contributed by atoms with E-state index in [-0.39, 0.29) is 34.7 Å². The highest BCUT2D eigenvalue weighted by molar-refractivity contribution is 6.11. The van der Waals surface area contributed by atoms with E-state index in [1.54, 1.807) is 6.20 Å². The Morgan fingerprint density at radius 2 is 2.00 bits per heavy atom. The average molecular weight is 457 g/mol. The number of carbonyl (C=O) groups excluding carboxylic acids is 1. The van der Waals surface area contributed by atoms with Gasteiger partial charge in [-0.05, 0) is 56.1 Å². The molecular formula is C26H44N6O. The van der Waals surface area contributed by atoms with Gasteiger partial charge in [-0.2, -0.15) is 0 Å². The first-order valence-electron chi connectivity index (χ1n) is 12.1. The smallest absolute Gasteiger partial charge is 0.254 e. The summed E-state index contributed by atoms with van der Waals surface area (Å²) in [7, 11) is 1.90. The Labute approximate surface area is 200 Å². The topological polar surface area (TPSA) is 102 Å². The Morgan fingerprint density at radius 3 is 2.58 bits per heavy atom. The van der Waals surface area contributed by atoms with Gasteiger partial charge >= 0.3 is 0 Å². The first kappa shape index (κ1) is 26.7. The molecule has 0 aromatic carbocycles. The van der Waals surface area contributed by atoms with E-state index in [1.165, 1.54) is 0 Å². The first-order chi connectivity index (χ1) is 15.4. The summed E-state index contributed by atoms with van der Waals surface area (Å²) < 4.78 is 0. The summed E-state index contributed by atoms with van der Waals surface area (Å²) in [6.07, 6.45) is 5.60. The van der Waals surface area contributed by atoms with Crippen LogP contribution in [0.25, 0.3) is 0 Å². The standard InChI is InChI=1S/C26H44N6O/c1-17(2)29-15-19(14-27)24(33)32-22-13-18(11-12-26(22,6)7)20-9-10-21(23(28-8)31-20)30-16-25(3,4)5/h9-10,14-15,17-18,22,27,29-30H,11-13,16H2,1-8H3,(H,28,31)(H,32,33)/b19-15+,27-14?. The van der Waals surface area contributed by atoms with Crippen LogP contribution in [-0.4, -0.2) is 42.8 Å². The van der Waals surface area contributed by atoms with Gasteiger partial charge in [-0.25, -0.2) is 4.98 Å². The van der Waals surface area contributed by atoms with Crippen molar-refractivity contribution in [1.82, 2.24) is 15.6 Å². The number of carbonyl (C=O) groups is 1. The van der Waals surface area contributed by atoms with Crippen molar-refractivity contribution in [3.8, 4) is 0 Å². The Kier molecular flexibility index (Phi) is 8.92. The molecule has 1 heterocycles. The molecule has 5 N–H and O–H groups in total. The molecule has 7 heteroatoms. The van der Waals surface area contributed by atoms with E-state index in [9.17, 15) is 4.79 Å². The van der Waals surface area contributed by atoms with Crippen LogP contribution in [0.1, 0.15) is 79.3 Å². The van der Waals surface area contributed by atoms with Crippen LogP contribution >= 0.6 is 0 Å². The van der Waals surface area contributed by atoms with Gasteiger partial charge in [0.05, 0.1) is 11.3 Å². The van der Waals surface area contributed by atoms with Crippen molar-refractivity contribution >= 4 is 23.6 Å². The minimum atomic E-state index is -0.206. The molecule has 0 aliphatic heterocycles. The highest BCUT2D eigenvalue weighted by atomic mass is 16.1. The Bertz CT molecular complexity index is 853. The zero-order chi connectivity index (χ0) is 24.8. The van der Waals surface area contributed by atoms with Gasteiger partial charge in [0, 0.05) is 49.7 Å². The second-order valence-electron chi connectivity index (χ2n) is 11.3. The quantitative estimate of drug-likeness (QED) is 0.269. The Morgan fingerprint density at radius 1 is 1.30 bits per heavy atom. The van der Waals surface area contributed by atoms with E-state index in [0.29, 0.717) is 5.57 Å². The van der Waals surface area contributed by atoms with Crippen LogP contribution < -0.4 is 21.3 Å². The van der Waals surface area contributed by atoms with Crippen molar-refractivity contribution in [2.75, 3.05) is 24.2 Å². The lowest BCUT2D eigenvalue weighted by Crippen LogP contribution is -2.49. The molecule has 2 atom stereocenters. The zero-order valence-electron chi connectivity index (χ0n) is 21.7. The maximum Gasteiger partial charge on any atom is 0.254 e. The van der Waals surface area contributed by atoms with E-state index >= 15 is 0 Å². The number of nitrogens with zero attached hydrogens (tertiary/aromatic N) is 1. The molecule has 2 unspecified atom stereocenters. The van der Waals surface area contributed by atoms with Gasteiger partial charge in [-0.15, -0.1) is 0 Å². The maximum atomic E-state index is 12.9. The highest BCUT2D eigenvalue weighted by Gasteiger charge is 2.38. The van der Waals surface area contributed by atoms with Crippen LogP contribution in [0.4, 0.5) is 11.5 Å². The predicted octanol–water partition coefficient (Wildman–Crippen LogP) is 4.89. The van der Waals surface area contributed by atoms with Crippen molar-refractivity contribution in [3.05, 3.63) is 29.6 Å². The largest absolute Gasteiger partial charge is 0.388 e. The van der Waals surface area contributed by atoms with E-state index in [0.717, 1.165) is 49.2 Å². The summed E-state index contributed by atoms with van der Waals surface area (Å²) in [6.45, 7) is 15.9. The van der Waals surface area contributed by atoms with Crippen molar-refractivity contribution in [3.63, 3.8) is 0 Å². The third kappa shape index (κ3) is 7.76. The molecule has 1 aromatic rings. The third-order valence-electron chi connectivity index (χ3n) is 6.28. The molecular weight excluding hydrogens is 412 g/mol. The number of amides is 1. The fourth-order valence-corrected chi connectivity index (χ4v) is 4.03. The lowest BCUT2D eigenvalue weighted by atomic mass is 9.68. The van der Waals surface area contributed by atoms with E-state index < -0.39 is 0 Å². The summed E-state index contributed by atoms with van der Waals surface area (Å²) in [5.74, 6) is 0.923. The van der Waals surface area contributed by atoms with Crippen LogP contribution in [0.2, 0.25) is 0 Å². The summed E-state index contributed by atoms with van der Waals surface area (Å²) in [5.41, 5.74) is 2.56. The molecule has 1 aliphatic carbocycles. The number of aromatic nitrogens is 1. The number of pyridine rings is 1. The molecule has 0 bridgehead atoms. The van der Waals surface area contributed by atoms with E-state index in [1.807, 2.05) is 20.9 Å². The van der Waals surface area contributed by atoms with Crippen LogP contribution in [0.15, 0.2) is 23.9 Å². The van der Waals surface area contributed by atoms with Gasteiger partial charge in [0.15, 0.2) is 0 Å². The molecule has 0 saturated heterocycles. The molecule has 33 heavy (non-hydrogen) atoms. The van der Waals surface area contributed by atoms with Crippen molar-refractivity contribution in [1.29, 1.82) is 5.41 Å². The maximum absolute atomic E-state index is 12.9. The van der Waals surface area contributed by atoms with Crippen molar-refractivity contribution < 1.29 is 4.79 Å². The third-order valence-corrected chi connectivity index (χ3v) is 6.28. The molecule has 1 aromatic heterocycles. The van der Waals surface area contributed by atoms with E-state index in [2.05, 4.69) is 68.0 Å². The first-order valence-corrected chi connectivity index (χ1v) is 12.1. The minimum absolute atomic E-state index is 0.00433. The van der Waals surface area contributed by atoms with Gasteiger partial charge in [-0.1, -0.05) is 34.6 Å². The van der Waals surface area contributed by atoms with Gasteiger partial charge in [0.2, 0.25) is 0 Å². The molecule has 1 saturated carbocycles. The predicted molar refractivity (Wildman–Crippen MR) is 139 cm³/mol. The Balaban J connectivity index is 2.17. The SMILES string of the molecule is CNc1nc(C2CCC(C)(C)C(NC(=O)/C(C=N)=C/NC(C)C)C2)ccc1NCC(C)(C)C. The van der Waals surface area contributed by atoms with Gasteiger partial charge in [-0.3, -0.25) is 4.79 Å². The Hall–Kier alpha value is -2.57. The number of rotatable bonds is 9. The van der Waals surface area contributed by atoms with Gasteiger partial charge < -0.3 is 26.7 Å². The fourth-order valence-electron chi connectivity index (χ4n) is 4.03. The van der Waals surface area contributed by atoms with Gasteiger partial charge in [0.25, 0.3) is 5.91 Å². The lowest BCUT2D eigenvalue weighted by molar-refractivity contribution is -0.118. The summed E-state index contributed by atoms with van der Waals surface area (Å²) in [5, 5.41) is 20.7. The zero-order valence-corrected chi connectivity index (χ0v) is 21.7. The fraction of sp³-hybridized carbons (Fsp3) is 0.654. The average Bonchev–Trinajstić information content (AvgIpc) is 2.73. The molecule has 7 nitrogen and oxygen atoms in total. The highest BCUT2D eigenvalue weighted by Crippen LogP contribution is 2.43. The van der Waals surface area contributed by atoms with Crippen LogP contribution in [0, 0.1) is 16.2 Å². The monoisotopic (exact) mass is 456 g/mol. The number of anilines is 2. The molecule has 0 radical (unpaired) electrons. The normalized spacial score (nSPS) is 20.8. The molecule has 184 valence electrons. The summed E-state index contributed by atoms with van der Waals surface area (Å²) >= 11 is 0. The van der Waals surface area contributed by atoms with E-state index in [4.69, 9.17) is 10.4 Å². The summed E-state index contributed by atoms with van der Waals surface area (Å²) in [6, 6.07) is 4.44.